The molecule has 0 heterocycles. The second-order valence-electron chi connectivity index (χ2n) is 4.95. The number of ether oxygens (including phenoxy) is 1. The summed E-state index contributed by atoms with van der Waals surface area (Å²) in [5, 5.41) is 12.9. The number of aliphatic hydroxyl groups is 1. The summed E-state index contributed by atoms with van der Waals surface area (Å²) in [4.78, 5) is 0. The Morgan fingerprint density at radius 1 is 1.57 bits per heavy atom. The third-order valence-corrected chi connectivity index (χ3v) is 3.22. The van der Waals surface area contributed by atoms with E-state index in [0.29, 0.717) is 24.6 Å². The molecule has 0 unspecified atom stereocenters. The first kappa shape index (κ1) is 12.0. The van der Waals surface area contributed by atoms with Crippen LogP contribution in [-0.2, 0) is 4.74 Å². The summed E-state index contributed by atoms with van der Waals surface area (Å²) >= 11 is 0. The third kappa shape index (κ3) is 3.23. The number of aliphatic hydroxyl groups excluding tert-OH is 1. The molecule has 0 aliphatic heterocycles. The lowest BCUT2D eigenvalue weighted by atomic mass is 9.87. The molecule has 0 bridgehead atoms. The number of methoxy groups -OCH3 is 1. The second-order valence-corrected chi connectivity index (χ2v) is 4.95. The van der Waals surface area contributed by atoms with E-state index in [0.717, 1.165) is 0 Å². The van der Waals surface area contributed by atoms with Crippen molar-refractivity contribution in [2.75, 3.05) is 20.3 Å². The molecular formula is C11H23NO2. The average Bonchev–Trinajstić information content (AvgIpc) is 2.42. The first-order chi connectivity index (χ1) is 6.56. The van der Waals surface area contributed by atoms with Crippen molar-refractivity contribution in [3.8, 4) is 0 Å². The molecule has 0 amide bonds. The Balaban J connectivity index is 2.24. The van der Waals surface area contributed by atoms with Crippen molar-refractivity contribution in [3.63, 3.8) is 0 Å². The lowest BCUT2D eigenvalue weighted by Gasteiger charge is -2.28. The Labute approximate surface area is 86.8 Å². The van der Waals surface area contributed by atoms with Crippen molar-refractivity contribution in [3.05, 3.63) is 0 Å². The molecule has 3 heteroatoms. The van der Waals surface area contributed by atoms with Crippen molar-refractivity contribution in [2.24, 2.45) is 5.41 Å². The summed E-state index contributed by atoms with van der Waals surface area (Å²) in [6.07, 6.45) is 3.43. The van der Waals surface area contributed by atoms with Crippen LogP contribution in [0.1, 0.15) is 33.1 Å². The molecule has 2 N–H and O–H groups in total. The highest BCUT2D eigenvalue weighted by molar-refractivity contribution is 4.90. The minimum absolute atomic E-state index is 0.378. The molecule has 0 radical (unpaired) electrons. The standard InChI is InChI=1S/C11H23NO2/c1-11(2)6-4-5-10(11)12-7-9(13)8-14-3/h9-10,12-13H,4-8H2,1-3H3/t9-,10+/m0/s1. The molecule has 0 aromatic heterocycles. The predicted molar refractivity (Wildman–Crippen MR) is 57.3 cm³/mol. The van der Waals surface area contributed by atoms with E-state index in [2.05, 4.69) is 19.2 Å². The molecular weight excluding hydrogens is 178 g/mol. The van der Waals surface area contributed by atoms with Crippen molar-refractivity contribution >= 4 is 0 Å². The summed E-state index contributed by atoms with van der Waals surface area (Å²) in [6, 6.07) is 0.550. The minimum atomic E-state index is -0.378. The van der Waals surface area contributed by atoms with Crippen LogP contribution in [0.25, 0.3) is 0 Å². The molecule has 1 rings (SSSR count). The molecule has 2 atom stereocenters. The van der Waals surface area contributed by atoms with E-state index in [1.54, 1.807) is 7.11 Å². The zero-order valence-corrected chi connectivity index (χ0v) is 9.55. The van der Waals surface area contributed by atoms with Gasteiger partial charge >= 0.3 is 0 Å². The fourth-order valence-electron chi connectivity index (χ4n) is 2.23. The van der Waals surface area contributed by atoms with Gasteiger partial charge in [0.05, 0.1) is 12.7 Å². The smallest absolute Gasteiger partial charge is 0.0897 e. The van der Waals surface area contributed by atoms with Crippen LogP contribution in [0.3, 0.4) is 0 Å². The second kappa shape index (κ2) is 5.10. The molecule has 0 aromatic rings. The highest BCUT2D eigenvalue weighted by atomic mass is 16.5. The summed E-state index contributed by atoms with van der Waals surface area (Å²) in [5.41, 5.74) is 0.382. The fourth-order valence-corrected chi connectivity index (χ4v) is 2.23. The van der Waals surface area contributed by atoms with E-state index in [1.807, 2.05) is 0 Å². The highest BCUT2D eigenvalue weighted by Gasteiger charge is 2.33. The molecule has 1 fully saturated rings. The molecule has 3 nitrogen and oxygen atoms in total. The Kier molecular flexibility index (Phi) is 4.35. The van der Waals surface area contributed by atoms with Gasteiger partial charge in [-0.3, -0.25) is 0 Å². The van der Waals surface area contributed by atoms with Crippen molar-refractivity contribution < 1.29 is 9.84 Å². The Bertz CT molecular complexity index is 171. The van der Waals surface area contributed by atoms with Crippen molar-refractivity contribution in [2.45, 2.75) is 45.3 Å². The van der Waals surface area contributed by atoms with Gasteiger partial charge in [0.15, 0.2) is 0 Å². The molecule has 0 saturated heterocycles. The zero-order valence-electron chi connectivity index (χ0n) is 9.55. The summed E-state index contributed by atoms with van der Waals surface area (Å²) < 4.78 is 4.88. The number of rotatable bonds is 5. The van der Waals surface area contributed by atoms with Gasteiger partial charge in [-0.05, 0) is 18.3 Å². The van der Waals surface area contributed by atoms with Crippen LogP contribution in [0.4, 0.5) is 0 Å². The Morgan fingerprint density at radius 2 is 2.29 bits per heavy atom. The van der Waals surface area contributed by atoms with E-state index in [9.17, 15) is 5.11 Å². The van der Waals surface area contributed by atoms with E-state index < -0.39 is 0 Å². The van der Waals surface area contributed by atoms with Crippen LogP contribution in [0, 0.1) is 5.41 Å². The van der Waals surface area contributed by atoms with Gasteiger partial charge in [-0.15, -0.1) is 0 Å². The van der Waals surface area contributed by atoms with Gasteiger partial charge in [-0.2, -0.15) is 0 Å². The summed E-state index contributed by atoms with van der Waals surface area (Å²) in [7, 11) is 1.61. The molecule has 0 aromatic carbocycles. The van der Waals surface area contributed by atoms with Crippen LogP contribution in [0.15, 0.2) is 0 Å². The van der Waals surface area contributed by atoms with Crippen LogP contribution in [-0.4, -0.2) is 37.5 Å². The van der Waals surface area contributed by atoms with Gasteiger partial charge in [0.1, 0.15) is 0 Å². The van der Waals surface area contributed by atoms with E-state index in [1.165, 1.54) is 19.3 Å². The normalized spacial score (nSPS) is 27.9. The van der Waals surface area contributed by atoms with Gasteiger partial charge in [-0.25, -0.2) is 0 Å². The highest BCUT2D eigenvalue weighted by Crippen LogP contribution is 2.36. The third-order valence-electron chi connectivity index (χ3n) is 3.22. The molecule has 0 spiro atoms. The SMILES string of the molecule is COC[C@@H](O)CN[C@@H]1CCCC1(C)C. The maximum absolute atomic E-state index is 9.49. The van der Waals surface area contributed by atoms with E-state index in [-0.39, 0.29) is 6.10 Å². The van der Waals surface area contributed by atoms with Crippen molar-refractivity contribution in [1.29, 1.82) is 0 Å². The lowest BCUT2D eigenvalue weighted by Crippen LogP contribution is -2.42. The van der Waals surface area contributed by atoms with Gasteiger partial charge in [0, 0.05) is 19.7 Å². The molecule has 84 valence electrons. The molecule has 1 aliphatic carbocycles. The Morgan fingerprint density at radius 3 is 2.79 bits per heavy atom. The minimum Gasteiger partial charge on any atom is -0.389 e. The molecule has 14 heavy (non-hydrogen) atoms. The van der Waals surface area contributed by atoms with Crippen LogP contribution in [0.2, 0.25) is 0 Å². The Hall–Kier alpha value is -0.120. The van der Waals surface area contributed by atoms with Gasteiger partial charge < -0.3 is 15.2 Å². The average molecular weight is 201 g/mol. The van der Waals surface area contributed by atoms with Crippen LogP contribution < -0.4 is 5.32 Å². The number of hydrogen-bond acceptors (Lipinski definition) is 3. The topological polar surface area (TPSA) is 41.5 Å². The zero-order chi connectivity index (χ0) is 10.6. The van der Waals surface area contributed by atoms with Crippen LogP contribution in [0.5, 0.6) is 0 Å². The quantitative estimate of drug-likeness (QED) is 0.701. The maximum Gasteiger partial charge on any atom is 0.0897 e. The van der Waals surface area contributed by atoms with Gasteiger partial charge in [-0.1, -0.05) is 20.3 Å². The lowest BCUT2D eigenvalue weighted by molar-refractivity contribution is 0.0600. The first-order valence-electron chi connectivity index (χ1n) is 5.46. The molecule has 1 saturated carbocycles. The molecule has 1 aliphatic rings. The maximum atomic E-state index is 9.49. The number of hydrogen-bond donors (Lipinski definition) is 2. The summed E-state index contributed by atoms with van der Waals surface area (Å²) in [5.74, 6) is 0. The van der Waals surface area contributed by atoms with Gasteiger partial charge in [0.25, 0.3) is 0 Å². The van der Waals surface area contributed by atoms with Crippen molar-refractivity contribution in [1.82, 2.24) is 5.32 Å². The van der Waals surface area contributed by atoms with E-state index in [4.69, 9.17) is 4.74 Å². The first-order valence-corrected chi connectivity index (χ1v) is 5.46. The predicted octanol–water partition coefficient (Wildman–Crippen LogP) is 1.16. The monoisotopic (exact) mass is 201 g/mol. The van der Waals surface area contributed by atoms with E-state index >= 15 is 0 Å². The summed E-state index contributed by atoms with van der Waals surface area (Å²) in [6.45, 7) is 5.64. The fraction of sp³-hybridized carbons (Fsp3) is 1.00. The number of nitrogens with one attached hydrogen (secondary N) is 1. The largest absolute Gasteiger partial charge is 0.389 e. The van der Waals surface area contributed by atoms with Crippen LogP contribution >= 0.6 is 0 Å². The van der Waals surface area contributed by atoms with Gasteiger partial charge in [0.2, 0.25) is 0 Å².